The Morgan fingerprint density at radius 1 is 1.17 bits per heavy atom. The molecular weight excluding hydrogens is 371 g/mol. The van der Waals surface area contributed by atoms with E-state index in [1.165, 1.54) is 11.0 Å². The van der Waals surface area contributed by atoms with Gasteiger partial charge < -0.3 is 15.0 Å². The van der Waals surface area contributed by atoms with Gasteiger partial charge in [0.15, 0.2) is 6.61 Å². The summed E-state index contributed by atoms with van der Waals surface area (Å²) in [6.45, 7) is 7.71. The zero-order chi connectivity index (χ0) is 21.4. The summed E-state index contributed by atoms with van der Waals surface area (Å²) in [6, 6.07) is 11.2. The second-order valence-corrected chi connectivity index (χ2v) is 7.14. The van der Waals surface area contributed by atoms with E-state index in [9.17, 15) is 14.0 Å². The standard InChI is InChI=1S/C23H29FN2O3/c1-5-12-25-23(28)18(4)26(14-19-8-6-7-9-20(19)24)22(27)15-29-21-13-16(2)10-11-17(21)3/h6-11,13,18H,5,12,14-15H2,1-4H3,(H,25,28)/t18-/m0/s1. The number of carbonyl (C=O) groups excluding carboxylic acids is 2. The van der Waals surface area contributed by atoms with Gasteiger partial charge in [-0.3, -0.25) is 9.59 Å². The number of amides is 2. The number of nitrogens with zero attached hydrogens (tertiary/aromatic N) is 1. The van der Waals surface area contributed by atoms with Crippen molar-refractivity contribution in [1.82, 2.24) is 10.2 Å². The Morgan fingerprint density at radius 3 is 2.59 bits per heavy atom. The highest BCUT2D eigenvalue weighted by atomic mass is 19.1. The van der Waals surface area contributed by atoms with E-state index in [2.05, 4.69) is 5.32 Å². The minimum Gasteiger partial charge on any atom is -0.483 e. The Morgan fingerprint density at radius 2 is 1.90 bits per heavy atom. The third kappa shape index (κ3) is 6.31. The van der Waals surface area contributed by atoms with Crippen molar-refractivity contribution in [2.45, 2.75) is 46.7 Å². The zero-order valence-corrected chi connectivity index (χ0v) is 17.5. The first-order valence-electron chi connectivity index (χ1n) is 9.84. The molecule has 2 amide bonds. The van der Waals surface area contributed by atoms with Crippen molar-refractivity contribution >= 4 is 11.8 Å². The van der Waals surface area contributed by atoms with Crippen LogP contribution in [0.1, 0.15) is 37.0 Å². The van der Waals surface area contributed by atoms with Crippen LogP contribution in [0.3, 0.4) is 0 Å². The number of ether oxygens (including phenoxy) is 1. The molecule has 2 aromatic rings. The molecular formula is C23H29FN2O3. The fraction of sp³-hybridized carbons (Fsp3) is 0.391. The van der Waals surface area contributed by atoms with Crippen LogP contribution in [0.15, 0.2) is 42.5 Å². The Balaban J connectivity index is 2.18. The highest BCUT2D eigenvalue weighted by Gasteiger charge is 2.27. The molecule has 0 heterocycles. The van der Waals surface area contributed by atoms with E-state index in [1.807, 2.05) is 39.0 Å². The lowest BCUT2D eigenvalue weighted by Crippen LogP contribution is -2.49. The summed E-state index contributed by atoms with van der Waals surface area (Å²) in [5, 5.41) is 2.79. The van der Waals surface area contributed by atoms with E-state index in [1.54, 1.807) is 25.1 Å². The van der Waals surface area contributed by atoms with Crippen LogP contribution in [-0.2, 0) is 16.1 Å². The van der Waals surface area contributed by atoms with Crippen molar-refractivity contribution in [3.8, 4) is 5.75 Å². The third-order valence-corrected chi connectivity index (χ3v) is 4.71. The maximum absolute atomic E-state index is 14.2. The Labute approximate surface area is 171 Å². The first-order valence-corrected chi connectivity index (χ1v) is 9.84. The van der Waals surface area contributed by atoms with Crippen molar-refractivity contribution in [3.63, 3.8) is 0 Å². The highest BCUT2D eigenvalue weighted by molar-refractivity contribution is 5.87. The van der Waals surface area contributed by atoms with Crippen LogP contribution in [0.5, 0.6) is 5.75 Å². The summed E-state index contributed by atoms with van der Waals surface area (Å²) >= 11 is 0. The SMILES string of the molecule is CCCNC(=O)[C@H](C)N(Cc1ccccc1F)C(=O)COc1cc(C)ccc1C. The quantitative estimate of drug-likeness (QED) is 0.697. The molecule has 0 saturated carbocycles. The maximum atomic E-state index is 14.2. The molecule has 1 N–H and O–H groups in total. The fourth-order valence-corrected chi connectivity index (χ4v) is 2.87. The Hall–Kier alpha value is -2.89. The second kappa shape index (κ2) is 10.6. The summed E-state index contributed by atoms with van der Waals surface area (Å²) in [5.74, 6) is -0.453. The molecule has 156 valence electrons. The van der Waals surface area contributed by atoms with Gasteiger partial charge in [-0.1, -0.05) is 37.3 Å². The highest BCUT2D eigenvalue weighted by Crippen LogP contribution is 2.20. The molecule has 1 atom stereocenters. The third-order valence-electron chi connectivity index (χ3n) is 4.71. The van der Waals surface area contributed by atoms with Gasteiger partial charge in [-0.15, -0.1) is 0 Å². The number of benzene rings is 2. The van der Waals surface area contributed by atoms with E-state index >= 15 is 0 Å². The lowest BCUT2D eigenvalue weighted by molar-refractivity contribution is -0.142. The van der Waals surface area contributed by atoms with Crippen molar-refractivity contribution < 1.29 is 18.7 Å². The molecule has 0 saturated heterocycles. The molecule has 0 aliphatic heterocycles. The molecule has 2 aromatic carbocycles. The van der Waals surface area contributed by atoms with E-state index in [4.69, 9.17) is 4.74 Å². The Bertz CT molecular complexity index is 854. The number of carbonyl (C=O) groups is 2. The van der Waals surface area contributed by atoms with Gasteiger partial charge in [-0.2, -0.15) is 0 Å². The van der Waals surface area contributed by atoms with Crippen molar-refractivity contribution in [1.29, 1.82) is 0 Å². The number of aryl methyl sites for hydroxylation is 2. The van der Waals surface area contributed by atoms with Gasteiger partial charge >= 0.3 is 0 Å². The topological polar surface area (TPSA) is 58.6 Å². The molecule has 2 rings (SSSR count). The molecule has 6 heteroatoms. The number of nitrogens with one attached hydrogen (secondary N) is 1. The molecule has 0 radical (unpaired) electrons. The van der Waals surface area contributed by atoms with Gasteiger partial charge in [0.05, 0.1) is 0 Å². The molecule has 0 unspecified atom stereocenters. The number of hydrogen-bond donors (Lipinski definition) is 1. The first-order chi connectivity index (χ1) is 13.8. The first kappa shape index (κ1) is 22.4. The molecule has 5 nitrogen and oxygen atoms in total. The van der Waals surface area contributed by atoms with Crippen molar-refractivity contribution in [2.75, 3.05) is 13.2 Å². The van der Waals surface area contributed by atoms with Crippen molar-refractivity contribution in [2.24, 2.45) is 0 Å². The van der Waals surface area contributed by atoms with Crippen LogP contribution in [0.2, 0.25) is 0 Å². The van der Waals surface area contributed by atoms with Crippen LogP contribution >= 0.6 is 0 Å². The average molecular weight is 400 g/mol. The van der Waals surface area contributed by atoms with Gasteiger partial charge in [0.1, 0.15) is 17.6 Å². The smallest absolute Gasteiger partial charge is 0.261 e. The van der Waals surface area contributed by atoms with Crippen LogP contribution in [-0.4, -0.2) is 35.9 Å². The van der Waals surface area contributed by atoms with Gasteiger partial charge in [0.25, 0.3) is 5.91 Å². The molecule has 0 aromatic heterocycles. The van der Waals surface area contributed by atoms with Crippen LogP contribution in [0.4, 0.5) is 4.39 Å². The second-order valence-electron chi connectivity index (χ2n) is 7.14. The summed E-state index contributed by atoms with van der Waals surface area (Å²) in [7, 11) is 0. The summed E-state index contributed by atoms with van der Waals surface area (Å²) in [5.41, 5.74) is 2.29. The lowest BCUT2D eigenvalue weighted by atomic mass is 10.1. The van der Waals surface area contributed by atoms with Gasteiger partial charge in [0.2, 0.25) is 5.91 Å². The number of rotatable bonds is 9. The molecule has 0 spiro atoms. The molecule has 0 aliphatic carbocycles. The van der Waals surface area contributed by atoms with Crippen LogP contribution in [0, 0.1) is 19.7 Å². The van der Waals surface area contributed by atoms with E-state index < -0.39 is 11.9 Å². The normalized spacial score (nSPS) is 11.6. The number of hydrogen-bond acceptors (Lipinski definition) is 3. The van der Waals surface area contributed by atoms with E-state index in [-0.39, 0.29) is 25.0 Å². The van der Waals surface area contributed by atoms with Gasteiger partial charge in [-0.25, -0.2) is 4.39 Å². The zero-order valence-electron chi connectivity index (χ0n) is 17.5. The largest absolute Gasteiger partial charge is 0.483 e. The summed E-state index contributed by atoms with van der Waals surface area (Å²) in [6.07, 6.45) is 0.787. The van der Waals surface area contributed by atoms with E-state index in [0.717, 1.165) is 17.5 Å². The molecule has 0 bridgehead atoms. The fourth-order valence-electron chi connectivity index (χ4n) is 2.87. The molecule has 0 aliphatic rings. The Kier molecular flexibility index (Phi) is 8.19. The predicted octanol–water partition coefficient (Wildman–Crippen LogP) is 3.76. The average Bonchev–Trinajstić information content (AvgIpc) is 2.71. The number of halogens is 1. The van der Waals surface area contributed by atoms with Crippen LogP contribution in [0.25, 0.3) is 0 Å². The summed E-state index contributed by atoms with van der Waals surface area (Å²) < 4.78 is 19.9. The summed E-state index contributed by atoms with van der Waals surface area (Å²) in [4.78, 5) is 26.8. The maximum Gasteiger partial charge on any atom is 0.261 e. The predicted molar refractivity (Wildman–Crippen MR) is 111 cm³/mol. The monoisotopic (exact) mass is 400 g/mol. The molecule has 0 fully saturated rings. The molecule has 29 heavy (non-hydrogen) atoms. The minimum atomic E-state index is -0.754. The minimum absolute atomic E-state index is 0.0115. The van der Waals surface area contributed by atoms with E-state index in [0.29, 0.717) is 17.9 Å². The van der Waals surface area contributed by atoms with Crippen molar-refractivity contribution in [3.05, 3.63) is 65.0 Å². The van der Waals surface area contributed by atoms with Crippen LogP contribution < -0.4 is 10.1 Å². The van der Waals surface area contributed by atoms with Gasteiger partial charge in [-0.05, 0) is 50.5 Å². The van der Waals surface area contributed by atoms with Gasteiger partial charge in [0, 0.05) is 18.7 Å². The lowest BCUT2D eigenvalue weighted by Gasteiger charge is -2.29.